The molecule has 1 aromatic heterocycles. The molecule has 44 heavy (non-hydrogen) atoms. The second kappa shape index (κ2) is 12.4. The Kier molecular flexibility index (Phi) is 8.05. The Balaban J connectivity index is 1.03. The number of para-hydroxylation sites is 1. The van der Waals surface area contributed by atoms with Gasteiger partial charge < -0.3 is 15.3 Å². The Morgan fingerprint density at radius 2 is 1.59 bits per heavy atom. The maximum Gasteiger partial charge on any atom is 0.231 e. The number of benzene rings is 3. The van der Waals surface area contributed by atoms with Crippen molar-refractivity contribution in [3.63, 3.8) is 0 Å². The number of nitrogens with one attached hydrogen (secondary N) is 1. The molecule has 1 amide bonds. The van der Waals surface area contributed by atoms with Gasteiger partial charge in [-0.3, -0.25) is 9.69 Å². The number of fused-ring (bicyclic) bond motifs is 1. The van der Waals surface area contributed by atoms with Gasteiger partial charge in [-0.2, -0.15) is 10.2 Å². The zero-order valence-corrected chi connectivity index (χ0v) is 25.2. The Morgan fingerprint density at radius 1 is 0.886 bits per heavy atom. The first-order valence-electron chi connectivity index (χ1n) is 16.1. The van der Waals surface area contributed by atoms with E-state index in [1.165, 1.54) is 18.5 Å². The highest BCUT2D eigenvalue weighted by Crippen LogP contribution is 2.40. The van der Waals surface area contributed by atoms with Crippen LogP contribution in [0, 0.1) is 11.8 Å². The summed E-state index contributed by atoms with van der Waals surface area (Å²) in [5, 5.41) is 22.5. The maximum atomic E-state index is 14.3. The van der Waals surface area contributed by atoms with Gasteiger partial charge in [-0.1, -0.05) is 72.8 Å². The normalized spacial score (nSPS) is 23.2. The molecule has 2 N–H and O–H groups in total. The lowest BCUT2D eigenvalue weighted by atomic mass is 9.71. The Bertz CT molecular complexity index is 1570. The van der Waals surface area contributed by atoms with Gasteiger partial charge in [0.15, 0.2) is 0 Å². The molecule has 226 valence electrons. The quantitative estimate of drug-likeness (QED) is 0.284. The van der Waals surface area contributed by atoms with Crippen LogP contribution in [-0.4, -0.2) is 58.3 Å². The number of nitrogens with zero attached hydrogens (tertiary/aromatic N) is 4. The molecule has 0 radical (unpaired) electrons. The first-order valence-corrected chi connectivity index (χ1v) is 16.1. The van der Waals surface area contributed by atoms with E-state index >= 15 is 0 Å². The first kappa shape index (κ1) is 28.5. The Labute approximate surface area is 259 Å². The largest absolute Gasteiger partial charge is 0.507 e. The number of piperidine rings is 1. The van der Waals surface area contributed by atoms with Gasteiger partial charge in [0, 0.05) is 44.3 Å². The number of likely N-dealkylation sites (tertiary alicyclic amines) is 1. The fourth-order valence-electron chi connectivity index (χ4n) is 7.86. The van der Waals surface area contributed by atoms with E-state index in [0.717, 1.165) is 69.0 Å². The first-order chi connectivity index (χ1) is 21.6. The Hall–Kier alpha value is -4.23. The van der Waals surface area contributed by atoms with Crippen LogP contribution in [-0.2, 0) is 16.8 Å². The van der Waals surface area contributed by atoms with E-state index < -0.39 is 5.41 Å². The summed E-state index contributed by atoms with van der Waals surface area (Å²) in [6.45, 7) is 4.77. The molecule has 1 aliphatic carbocycles. The number of carbonyl (C=O) groups excluding carboxylic acids is 1. The fraction of sp³-hybridized carbons (Fsp3) is 0.378. The molecule has 3 atom stereocenters. The number of anilines is 1. The number of hydrogen-bond acceptors (Lipinski definition) is 6. The zero-order chi connectivity index (χ0) is 29.9. The van der Waals surface area contributed by atoms with Crippen molar-refractivity contribution in [2.24, 2.45) is 11.8 Å². The third kappa shape index (κ3) is 5.81. The standard InChI is InChI=1S/C37H41N5O2/c43-35-14-8-7-13-33(35)34-22-32(23-38-40-34)42-19-17-37(18-20-42,30-11-5-2-6-12-30)36(44)39-31-16-15-28-25-41(26-29(28)21-31)24-27-9-3-1-4-10-27/h1-14,22-23,28-29,31,43H,15-21,24-26H2,(H,39,44)/t28-,29+,31?/m0/s1. The van der Waals surface area contributed by atoms with E-state index in [1.807, 2.05) is 36.4 Å². The molecule has 0 bridgehead atoms. The van der Waals surface area contributed by atoms with Crippen LogP contribution < -0.4 is 10.2 Å². The van der Waals surface area contributed by atoms with Crippen LogP contribution in [0.5, 0.6) is 5.75 Å². The van der Waals surface area contributed by atoms with Gasteiger partial charge in [0.25, 0.3) is 0 Å². The number of hydrogen-bond donors (Lipinski definition) is 2. The lowest BCUT2D eigenvalue weighted by Crippen LogP contribution is -2.54. The van der Waals surface area contributed by atoms with Crippen LogP contribution >= 0.6 is 0 Å². The number of amides is 1. The minimum absolute atomic E-state index is 0.175. The molecule has 3 heterocycles. The third-order valence-electron chi connectivity index (χ3n) is 10.3. The van der Waals surface area contributed by atoms with E-state index in [1.54, 1.807) is 18.3 Å². The molecule has 2 aliphatic heterocycles. The minimum Gasteiger partial charge on any atom is -0.507 e. The molecular weight excluding hydrogens is 546 g/mol. The minimum atomic E-state index is -0.565. The number of carbonyl (C=O) groups is 1. The van der Waals surface area contributed by atoms with Crippen LogP contribution in [0.1, 0.15) is 43.2 Å². The lowest BCUT2D eigenvalue weighted by Gasteiger charge is -2.43. The van der Waals surface area contributed by atoms with Gasteiger partial charge in [-0.25, -0.2) is 0 Å². The highest BCUT2D eigenvalue weighted by atomic mass is 16.3. The molecule has 3 fully saturated rings. The summed E-state index contributed by atoms with van der Waals surface area (Å²) >= 11 is 0. The van der Waals surface area contributed by atoms with Gasteiger partial charge in [-0.05, 0) is 73.3 Å². The van der Waals surface area contributed by atoms with Crippen molar-refractivity contribution >= 4 is 11.6 Å². The molecule has 2 saturated heterocycles. The zero-order valence-electron chi connectivity index (χ0n) is 25.2. The van der Waals surface area contributed by atoms with Crippen LogP contribution in [0.15, 0.2) is 97.2 Å². The van der Waals surface area contributed by atoms with E-state index in [2.05, 4.69) is 67.8 Å². The highest BCUT2D eigenvalue weighted by Gasteiger charge is 2.45. The van der Waals surface area contributed by atoms with Crippen molar-refractivity contribution in [1.29, 1.82) is 0 Å². The van der Waals surface area contributed by atoms with Gasteiger partial charge in [0.1, 0.15) is 5.75 Å². The summed E-state index contributed by atoms with van der Waals surface area (Å²) in [5.74, 6) is 1.74. The van der Waals surface area contributed by atoms with Crippen LogP contribution in [0.3, 0.4) is 0 Å². The average molecular weight is 588 g/mol. The maximum absolute atomic E-state index is 14.3. The molecule has 0 spiro atoms. The summed E-state index contributed by atoms with van der Waals surface area (Å²) < 4.78 is 0. The van der Waals surface area contributed by atoms with Crippen LogP contribution in [0.2, 0.25) is 0 Å². The number of aromatic hydroxyl groups is 1. The SMILES string of the molecule is O=C(NC1CC[C@H]2CN(Cc3ccccc3)C[C@H]2C1)C1(c2ccccc2)CCN(c2cnnc(-c3ccccc3O)c2)CC1. The predicted octanol–water partition coefficient (Wildman–Crippen LogP) is 5.80. The van der Waals surface area contributed by atoms with E-state index in [-0.39, 0.29) is 17.7 Å². The van der Waals surface area contributed by atoms with Crippen molar-refractivity contribution in [1.82, 2.24) is 20.4 Å². The van der Waals surface area contributed by atoms with Crippen molar-refractivity contribution in [2.45, 2.75) is 50.1 Å². The van der Waals surface area contributed by atoms with E-state index in [9.17, 15) is 9.90 Å². The summed E-state index contributed by atoms with van der Waals surface area (Å²) in [7, 11) is 0. The fourth-order valence-corrected chi connectivity index (χ4v) is 7.86. The molecule has 3 aromatic carbocycles. The van der Waals surface area contributed by atoms with Crippen molar-refractivity contribution < 1.29 is 9.90 Å². The summed E-state index contributed by atoms with van der Waals surface area (Å²) in [6, 6.07) is 30.5. The summed E-state index contributed by atoms with van der Waals surface area (Å²) in [5.41, 5.74) is 4.18. The molecule has 4 aromatic rings. The van der Waals surface area contributed by atoms with Crippen molar-refractivity contribution in [3.8, 4) is 17.0 Å². The molecule has 7 heteroatoms. The van der Waals surface area contributed by atoms with Crippen LogP contribution in [0.25, 0.3) is 11.3 Å². The van der Waals surface area contributed by atoms with E-state index in [4.69, 9.17) is 0 Å². The summed E-state index contributed by atoms with van der Waals surface area (Å²) in [4.78, 5) is 19.2. The number of aromatic nitrogens is 2. The number of phenols is 1. The highest BCUT2D eigenvalue weighted by molar-refractivity contribution is 5.89. The molecule has 1 saturated carbocycles. The smallest absolute Gasteiger partial charge is 0.231 e. The third-order valence-corrected chi connectivity index (χ3v) is 10.3. The second-order valence-corrected chi connectivity index (χ2v) is 12.9. The van der Waals surface area contributed by atoms with Gasteiger partial charge >= 0.3 is 0 Å². The predicted molar refractivity (Wildman–Crippen MR) is 173 cm³/mol. The monoisotopic (exact) mass is 587 g/mol. The van der Waals surface area contributed by atoms with Crippen molar-refractivity contribution in [2.75, 3.05) is 31.1 Å². The summed E-state index contributed by atoms with van der Waals surface area (Å²) in [6.07, 6.45) is 6.53. The average Bonchev–Trinajstić information content (AvgIpc) is 3.47. The van der Waals surface area contributed by atoms with Gasteiger partial charge in [-0.15, -0.1) is 0 Å². The van der Waals surface area contributed by atoms with E-state index in [0.29, 0.717) is 17.2 Å². The van der Waals surface area contributed by atoms with Gasteiger partial charge in [0.05, 0.1) is 23.0 Å². The molecule has 7 rings (SSSR count). The number of phenolic OH excluding ortho intramolecular Hbond substituents is 1. The van der Waals surface area contributed by atoms with Crippen molar-refractivity contribution in [3.05, 3.63) is 108 Å². The molecule has 7 nitrogen and oxygen atoms in total. The molecule has 3 aliphatic rings. The molecule has 1 unspecified atom stereocenters. The van der Waals surface area contributed by atoms with Gasteiger partial charge in [0.2, 0.25) is 5.91 Å². The topological polar surface area (TPSA) is 81.6 Å². The second-order valence-electron chi connectivity index (χ2n) is 12.9. The van der Waals surface area contributed by atoms with Crippen LogP contribution in [0.4, 0.5) is 5.69 Å². The number of rotatable bonds is 7. The lowest BCUT2D eigenvalue weighted by molar-refractivity contribution is -0.128. The Morgan fingerprint density at radius 3 is 2.36 bits per heavy atom. The molecular formula is C37H41N5O2.